The van der Waals surface area contributed by atoms with Gasteiger partial charge < -0.3 is 28.9 Å². The fourth-order valence-corrected chi connectivity index (χ4v) is 5.71. The summed E-state index contributed by atoms with van der Waals surface area (Å²) < 4.78 is 16.4. The van der Waals surface area contributed by atoms with E-state index in [-0.39, 0.29) is 43.2 Å². The van der Waals surface area contributed by atoms with Crippen LogP contribution >= 0.6 is 23.7 Å². The Balaban J connectivity index is 0.00000616. The van der Waals surface area contributed by atoms with E-state index in [1.165, 1.54) is 0 Å². The van der Waals surface area contributed by atoms with E-state index >= 15 is 0 Å². The number of halogens is 1. The standard InChI is InChI=1S/C31H42N4O5S.ClH/c1-6-34(7-2)19-18-33(3)29(36)11-13-31(37)40-25-14-16-35(17-15-25)30-12-9-26(41-30)20-24(22-32)23-8-10-27(38-4)28(21-23)39-5;/h8-10,12,20-21,25H,6-7,11,13-19H2,1-5H3;1H/b24-20+;. The molecule has 1 aromatic heterocycles. The Hall–Kier alpha value is -3.26. The minimum absolute atomic E-state index is 0. The van der Waals surface area contributed by atoms with Gasteiger partial charge in [0.1, 0.15) is 6.10 Å². The third kappa shape index (κ3) is 9.93. The van der Waals surface area contributed by atoms with Crippen LogP contribution < -0.4 is 14.4 Å². The lowest BCUT2D eigenvalue weighted by atomic mass is 10.1. The van der Waals surface area contributed by atoms with Crippen LogP contribution in [-0.4, -0.2) is 88.3 Å². The van der Waals surface area contributed by atoms with Gasteiger partial charge in [0.05, 0.1) is 37.3 Å². The molecule has 9 nitrogen and oxygen atoms in total. The molecular formula is C31H43ClN4O5S. The van der Waals surface area contributed by atoms with Crippen molar-refractivity contribution in [1.29, 1.82) is 5.26 Å². The average Bonchev–Trinajstić information content (AvgIpc) is 3.47. The minimum atomic E-state index is -0.309. The number of hydrogen-bond donors (Lipinski definition) is 0. The van der Waals surface area contributed by atoms with Gasteiger partial charge in [-0.3, -0.25) is 9.59 Å². The van der Waals surface area contributed by atoms with Crippen molar-refractivity contribution in [1.82, 2.24) is 9.80 Å². The van der Waals surface area contributed by atoms with Crippen molar-refractivity contribution in [3.63, 3.8) is 0 Å². The van der Waals surface area contributed by atoms with Crippen molar-refractivity contribution in [2.24, 2.45) is 0 Å². The number of carbonyl (C=O) groups excluding carboxylic acids is 2. The van der Waals surface area contributed by atoms with E-state index < -0.39 is 0 Å². The smallest absolute Gasteiger partial charge is 0.306 e. The van der Waals surface area contributed by atoms with Crippen LogP contribution in [0.5, 0.6) is 11.5 Å². The largest absolute Gasteiger partial charge is 0.493 e. The van der Waals surface area contributed by atoms with Gasteiger partial charge in [-0.05, 0) is 55.1 Å². The number of ether oxygens (including phenoxy) is 3. The molecule has 1 saturated heterocycles. The van der Waals surface area contributed by atoms with Gasteiger partial charge in [0.2, 0.25) is 5.91 Å². The molecule has 1 aromatic carbocycles. The van der Waals surface area contributed by atoms with Crippen LogP contribution in [0.4, 0.5) is 5.00 Å². The highest BCUT2D eigenvalue weighted by molar-refractivity contribution is 7.17. The van der Waals surface area contributed by atoms with Gasteiger partial charge in [-0.25, -0.2) is 0 Å². The molecule has 1 aliphatic rings. The van der Waals surface area contributed by atoms with Crippen molar-refractivity contribution in [3.8, 4) is 17.6 Å². The molecule has 0 spiro atoms. The summed E-state index contributed by atoms with van der Waals surface area (Å²) in [6.07, 6.45) is 3.50. The Labute approximate surface area is 260 Å². The number of allylic oxidation sites excluding steroid dienone is 1. The van der Waals surface area contributed by atoms with Crippen LogP contribution in [0.3, 0.4) is 0 Å². The number of nitriles is 1. The van der Waals surface area contributed by atoms with E-state index in [4.69, 9.17) is 14.2 Å². The summed E-state index contributed by atoms with van der Waals surface area (Å²) in [4.78, 5) is 32.1. The topological polar surface area (TPSA) is 95.3 Å². The number of carbonyl (C=O) groups is 2. The molecule has 1 amide bonds. The lowest BCUT2D eigenvalue weighted by Crippen LogP contribution is -2.38. The Bertz CT molecular complexity index is 1230. The maximum absolute atomic E-state index is 12.4. The molecule has 230 valence electrons. The van der Waals surface area contributed by atoms with E-state index in [1.807, 2.05) is 18.2 Å². The molecule has 0 saturated carbocycles. The number of nitrogens with zero attached hydrogens (tertiary/aromatic N) is 4. The highest BCUT2D eigenvalue weighted by atomic mass is 35.5. The summed E-state index contributed by atoms with van der Waals surface area (Å²) in [5.74, 6) is 0.851. The van der Waals surface area contributed by atoms with Crippen molar-refractivity contribution < 1.29 is 23.8 Å². The number of anilines is 1. The van der Waals surface area contributed by atoms with Crippen LogP contribution in [0.2, 0.25) is 0 Å². The van der Waals surface area contributed by atoms with Crippen LogP contribution in [-0.2, 0) is 14.3 Å². The summed E-state index contributed by atoms with van der Waals surface area (Å²) in [6.45, 7) is 9.16. The SMILES string of the molecule is CCN(CC)CCN(C)C(=O)CCC(=O)OC1CCN(c2ccc(/C=C(\C#N)c3ccc(OC)c(OC)c3)s2)CC1.Cl. The second kappa shape index (κ2) is 17.6. The van der Waals surface area contributed by atoms with Gasteiger partial charge >= 0.3 is 5.97 Å². The average molecular weight is 619 g/mol. The van der Waals surface area contributed by atoms with E-state index in [2.05, 4.69) is 35.8 Å². The number of esters is 1. The molecule has 3 rings (SSSR count). The van der Waals surface area contributed by atoms with Crippen molar-refractivity contribution >= 4 is 52.3 Å². The van der Waals surface area contributed by atoms with Crippen molar-refractivity contribution in [2.75, 3.05) is 65.4 Å². The summed E-state index contributed by atoms with van der Waals surface area (Å²) >= 11 is 1.62. The van der Waals surface area contributed by atoms with Gasteiger partial charge in [-0.1, -0.05) is 13.8 Å². The fraction of sp³-hybridized carbons (Fsp3) is 0.516. The zero-order valence-electron chi connectivity index (χ0n) is 25.3. The predicted octanol–water partition coefficient (Wildman–Crippen LogP) is 5.34. The molecule has 1 aliphatic heterocycles. The maximum atomic E-state index is 12.4. The predicted molar refractivity (Wildman–Crippen MR) is 171 cm³/mol. The summed E-state index contributed by atoms with van der Waals surface area (Å²) in [5, 5.41) is 10.9. The Morgan fingerprint density at radius 1 is 1.05 bits per heavy atom. The first-order valence-electron chi connectivity index (χ1n) is 14.2. The number of rotatable bonds is 14. The molecular weight excluding hydrogens is 576 g/mol. The normalized spacial score (nSPS) is 13.7. The van der Waals surface area contributed by atoms with Gasteiger partial charge in [-0.15, -0.1) is 23.7 Å². The van der Waals surface area contributed by atoms with Crippen molar-refractivity contribution in [2.45, 2.75) is 45.6 Å². The number of methoxy groups -OCH3 is 2. The number of thiophene rings is 1. The Kier molecular flexibility index (Phi) is 14.7. The van der Waals surface area contributed by atoms with Gasteiger partial charge in [0.15, 0.2) is 11.5 Å². The van der Waals surface area contributed by atoms with E-state index in [9.17, 15) is 14.9 Å². The maximum Gasteiger partial charge on any atom is 0.306 e. The second-order valence-corrected chi connectivity index (χ2v) is 11.0. The molecule has 1 fully saturated rings. The monoisotopic (exact) mass is 618 g/mol. The molecule has 0 atom stereocenters. The molecule has 11 heteroatoms. The molecule has 0 bridgehead atoms. The van der Waals surface area contributed by atoms with E-state index in [1.54, 1.807) is 49.6 Å². The number of piperidine rings is 1. The van der Waals surface area contributed by atoms with Crippen molar-refractivity contribution in [3.05, 3.63) is 40.8 Å². The van der Waals surface area contributed by atoms with E-state index in [0.29, 0.717) is 23.6 Å². The molecule has 0 radical (unpaired) electrons. The zero-order chi connectivity index (χ0) is 29.8. The van der Waals surface area contributed by atoms with Crippen LogP contribution in [0.25, 0.3) is 11.6 Å². The fourth-order valence-electron chi connectivity index (χ4n) is 4.71. The first kappa shape index (κ1) is 34.9. The summed E-state index contributed by atoms with van der Waals surface area (Å²) in [5.41, 5.74) is 1.30. The van der Waals surface area contributed by atoms with Gasteiger partial charge in [0, 0.05) is 57.4 Å². The molecule has 0 N–H and O–H groups in total. The summed E-state index contributed by atoms with van der Waals surface area (Å²) in [6, 6.07) is 11.8. The molecule has 42 heavy (non-hydrogen) atoms. The number of benzene rings is 1. The number of likely N-dealkylation sites (N-methyl/N-ethyl adjacent to an activating group) is 2. The molecule has 2 aromatic rings. The third-order valence-electron chi connectivity index (χ3n) is 7.38. The molecule has 0 unspecified atom stereocenters. The second-order valence-electron chi connectivity index (χ2n) is 9.93. The molecule has 0 aliphatic carbocycles. The van der Waals surface area contributed by atoms with Crippen LogP contribution in [0.1, 0.15) is 50.0 Å². The quantitative estimate of drug-likeness (QED) is 0.207. The third-order valence-corrected chi connectivity index (χ3v) is 8.47. The van der Waals surface area contributed by atoms with Crippen LogP contribution in [0, 0.1) is 11.3 Å². The van der Waals surface area contributed by atoms with E-state index in [0.717, 1.165) is 61.0 Å². The lowest BCUT2D eigenvalue weighted by Gasteiger charge is -2.32. The Morgan fingerprint density at radius 2 is 1.74 bits per heavy atom. The Morgan fingerprint density at radius 3 is 2.36 bits per heavy atom. The number of hydrogen-bond acceptors (Lipinski definition) is 9. The highest BCUT2D eigenvalue weighted by Gasteiger charge is 2.24. The first-order chi connectivity index (χ1) is 19.8. The highest BCUT2D eigenvalue weighted by Crippen LogP contribution is 2.34. The molecule has 2 heterocycles. The van der Waals surface area contributed by atoms with Gasteiger partial charge in [-0.2, -0.15) is 5.26 Å². The first-order valence-corrected chi connectivity index (χ1v) is 15.0. The number of amides is 1. The van der Waals surface area contributed by atoms with Gasteiger partial charge in [0.25, 0.3) is 0 Å². The lowest BCUT2D eigenvalue weighted by molar-refractivity contribution is -0.151. The minimum Gasteiger partial charge on any atom is -0.493 e. The van der Waals surface area contributed by atoms with Crippen LogP contribution in [0.15, 0.2) is 30.3 Å². The summed E-state index contributed by atoms with van der Waals surface area (Å²) in [7, 11) is 4.94. The zero-order valence-corrected chi connectivity index (χ0v) is 26.9.